The molecule has 21 heavy (non-hydrogen) atoms. The van der Waals surface area contributed by atoms with E-state index in [0.29, 0.717) is 16.3 Å². The predicted molar refractivity (Wildman–Crippen MR) is 81.2 cm³/mol. The lowest BCUT2D eigenvalue weighted by molar-refractivity contribution is 0.102. The SMILES string of the molecule is COc1ccsc1C(=O)Nc1ccc(F)c(C#CCN)c1. The maximum atomic E-state index is 13.5. The monoisotopic (exact) mass is 304 g/mol. The van der Waals surface area contributed by atoms with E-state index in [0.717, 1.165) is 0 Å². The van der Waals surface area contributed by atoms with Gasteiger partial charge in [-0.25, -0.2) is 4.39 Å². The number of benzene rings is 1. The van der Waals surface area contributed by atoms with E-state index >= 15 is 0 Å². The van der Waals surface area contributed by atoms with Gasteiger partial charge in [0.2, 0.25) is 0 Å². The van der Waals surface area contributed by atoms with Crippen LogP contribution in [-0.4, -0.2) is 19.6 Å². The summed E-state index contributed by atoms with van der Waals surface area (Å²) in [5, 5.41) is 4.45. The molecular weight excluding hydrogens is 291 g/mol. The van der Waals surface area contributed by atoms with Crippen molar-refractivity contribution in [2.75, 3.05) is 19.0 Å². The second-order valence-electron chi connectivity index (χ2n) is 3.97. The Bertz CT molecular complexity index is 716. The molecule has 0 aliphatic rings. The number of rotatable bonds is 3. The molecule has 0 spiro atoms. The summed E-state index contributed by atoms with van der Waals surface area (Å²) in [7, 11) is 1.50. The molecule has 0 aliphatic heterocycles. The molecular formula is C15H13FN2O2S. The number of thiophene rings is 1. The Balaban J connectivity index is 2.22. The third kappa shape index (κ3) is 3.60. The maximum absolute atomic E-state index is 13.5. The zero-order valence-electron chi connectivity index (χ0n) is 11.3. The van der Waals surface area contributed by atoms with E-state index < -0.39 is 5.82 Å². The van der Waals surface area contributed by atoms with Crippen LogP contribution < -0.4 is 15.8 Å². The average molecular weight is 304 g/mol. The van der Waals surface area contributed by atoms with Crippen molar-refractivity contribution in [1.82, 2.24) is 0 Å². The number of carbonyl (C=O) groups is 1. The van der Waals surface area contributed by atoms with Crippen molar-refractivity contribution in [2.24, 2.45) is 5.73 Å². The van der Waals surface area contributed by atoms with Gasteiger partial charge in [0, 0.05) is 5.69 Å². The Labute approximate surface area is 125 Å². The number of amides is 1. The van der Waals surface area contributed by atoms with Crippen LogP contribution >= 0.6 is 11.3 Å². The van der Waals surface area contributed by atoms with Crippen LogP contribution in [0, 0.1) is 17.7 Å². The lowest BCUT2D eigenvalue weighted by Gasteiger charge is -2.06. The molecule has 3 N–H and O–H groups in total. The summed E-state index contributed by atoms with van der Waals surface area (Å²) < 4.78 is 18.6. The first kappa shape index (κ1) is 15.0. The third-order valence-corrected chi connectivity index (χ3v) is 3.50. The number of nitrogens with one attached hydrogen (secondary N) is 1. The topological polar surface area (TPSA) is 64.3 Å². The number of hydrogen-bond acceptors (Lipinski definition) is 4. The summed E-state index contributed by atoms with van der Waals surface area (Å²) in [5.74, 6) is 4.93. The van der Waals surface area contributed by atoms with Gasteiger partial charge in [-0.15, -0.1) is 11.3 Å². The number of nitrogens with two attached hydrogens (primary N) is 1. The Morgan fingerprint density at radius 1 is 1.48 bits per heavy atom. The van der Waals surface area contributed by atoms with Gasteiger partial charge in [0.25, 0.3) is 5.91 Å². The van der Waals surface area contributed by atoms with Gasteiger partial charge in [0.15, 0.2) is 0 Å². The molecule has 1 aromatic heterocycles. The fourth-order valence-electron chi connectivity index (χ4n) is 1.66. The van der Waals surface area contributed by atoms with Crippen molar-refractivity contribution in [3.8, 4) is 17.6 Å². The first-order valence-electron chi connectivity index (χ1n) is 6.07. The van der Waals surface area contributed by atoms with Crippen molar-refractivity contribution >= 4 is 22.9 Å². The molecule has 1 heterocycles. The number of ether oxygens (including phenoxy) is 1. The number of carbonyl (C=O) groups excluding carboxylic acids is 1. The largest absolute Gasteiger partial charge is 0.495 e. The number of halogens is 1. The van der Waals surface area contributed by atoms with Crippen LogP contribution in [-0.2, 0) is 0 Å². The van der Waals surface area contributed by atoms with E-state index in [1.807, 2.05) is 0 Å². The van der Waals surface area contributed by atoms with Crippen LogP contribution in [0.1, 0.15) is 15.2 Å². The van der Waals surface area contributed by atoms with Crippen LogP contribution in [0.15, 0.2) is 29.6 Å². The zero-order chi connectivity index (χ0) is 15.2. The molecule has 0 aliphatic carbocycles. The maximum Gasteiger partial charge on any atom is 0.269 e. The van der Waals surface area contributed by atoms with Crippen LogP contribution in [0.5, 0.6) is 5.75 Å². The van der Waals surface area contributed by atoms with E-state index in [-0.39, 0.29) is 18.0 Å². The summed E-state index contributed by atoms with van der Waals surface area (Å²) in [6.07, 6.45) is 0. The van der Waals surface area contributed by atoms with Crippen molar-refractivity contribution in [3.63, 3.8) is 0 Å². The van der Waals surface area contributed by atoms with Crippen LogP contribution in [0.4, 0.5) is 10.1 Å². The summed E-state index contributed by atoms with van der Waals surface area (Å²) >= 11 is 1.27. The molecule has 6 heteroatoms. The second kappa shape index (κ2) is 6.88. The van der Waals surface area contributed by atoms with Gasteiger partial charge >= 0.3 is 0 Å². The summed E-state index contributed by atoms with van der Waals surface area (Å²) in [6.45, 7) is 0.141. The quantitative estimate of drug-likeness (QED) is 0.856. The highest BCUT2D eigenvalue weighted by molar-refractivity contribution is 7.12. The minimum Gasteiger partial charge on any atom is -0.495 e. The summed E-state index contributed by atoms with van der Waals surface area (Å²) in [4.78, 5) is 12.6. The molecule has 0 bridgehead atoms. The lowest BCUT2D eigenvalue weighted by atomic mass is 10.2. The van der Waals surface area contributed by atoms with E-state index in [1.165, 1.54) is 36.6 Å². The van der Waals surface area contributed by atoms with Crippen molar-refractivity contribution in [3.05, 3.63) is 45.9 Å². The number of anilines is 1. The highest BCUT2D eigenvalue weighted by Crippen LogP contribution is 2.25. The van der Waals surface area contributed by atoms with Crippen LogP contribution in [0.3, 0.4) is 0 Å². The zero-order valence-corrected chi connectivity index (χ0v) is 12.1. The molecule has 0 fully saturated rings. The molecule has 0 atom stereocenters. The van der Waals surface area contributed by atoms with Gasteiger partial charge in [-0.3, -0.25) is 4.79 Å². The van der Waals surface area contributed by atoms with Crippen molar-refractivity contribution in [2.45, 2.75) is 0 Å². The van der Waals surface area contributed by atoms with E-state index in [1.54, 1.807) is 11.4 Å². The Kier molecular flexibility index (Phi) is 4.93. The van der Waals surface area contributed by atoms with Gasteiger partial charge in [-0.05, 0) is 29.6 Å². The molecule has 0 radical (unpaired) electrons. The predicted octanol–water partition coefficient (Wildman–Crippen LogP) is 2.46. The van der Waals surface area contributed by atoms with E-state index in [9.17, 15) is 9.18 Å². The summed E-state index contributed by atoms with van der Waals surface area (Å²) in [5.41, 5.74) is 5.91. The highest BCUT2D eigenvalue weighted by atomic mass is 32.1. The van der Waals surface area contributed by atoms with Crippen LogP contribution in [0.25, 0.3) is 0 Å². The van der Waals surface area contributed by atoms with Gasteiger partial charge < -0.3 is 15.8 Å². The lowest BCUT2D eigenvalue weighted by Crippen LogP contribution is -2.11. The van der Waals surface area contributed by atoms with Gasteiger partial charge in [-0.1, -0.05) is 11.8 Å². The van der Waals surface area contributed by atoms with Gasteiger partial charge in [-0.2, -0.15) is 0 Å². The second-order valence-corrected chi connectivity index (χ2v) is 4.89. The standard InChI is InChI=1S/C15H13FN2O2S/c1-20-13-6-8-21-14(13)15(19)18-11-4-5-12(16)10(9-11)3-2-7-17/h4-6,8-9H,7,17H2,1H3,(H,18,19). The van der Waals surface area contributed by atoms with Crippen molar-refractivity contribution < 1.29 is 13.9 Å². The highest BCUT2D eigenvalue weighted by Gasteiger charge is 2.14. The van der Waals surface area contributed by atoms with Crippen LogP contribution in [0.2, 0.25) is 0 Å². The molecule has 108 valence electrons. The Morgan fingerprint density at radius 2 is 2.29 bits per heavy atom. The molecule has 0 saturated carbocycles. The molecule has 1 aromatic carbocycles. The molecule has 4 nitrogen and oxygen atoms in total. The Hall–Kier alpha value is -2.36. The van der Waals surface area contributed by atoms with E-state index in [4.69, 9.17) is 10.5 Å². The smallest absolute Gasteiger partial charge is 0.269 e. The summed E-state index contributed by atoms with van der Waals surface area (Å²) in [6, 6.07) is 5.90. The molecule has 2 rings (SSSR count). The fourth-order valence-corrected chi connectivity index (χ4v) is 2.41. The first-order chi connectivity index (χ1) is 10.2. The minimum atomic E-state index is -0.456. The minimum absolute atomic E-state index is 0.141. The normalized spacial score (nSPS) is 9.67. The van der Waals surface area contributed by atoms with Crippen molar-refractivity contribution in [1.29, 1.82) is 0 Å². The van der Waals surface area contributed by atoms with Gasteiger partial charge in [0.1, 0.15) is 16.4 Å². The van der Waals surface area contributed by atoms with E-state index in [2.05, 4.69) is 17.2 Å². The Morgan fingerprint density at radius 3 is 3.00 bits per heavy atom. The molecule has 0 unspecified atom stereocenters. The number of hydrogen-bond donors (Lipinski definition) is 2. The fraction of sp³-hybridized carbons (Fsp3) is 0.133. The molecule has 2 aromatic rings. The average Bonchev–Trinajstić information content (AvgIpc) is 2.96. The molecule has 0 saturated heterocycles. The third-order valence-electron chi connectivity index (χ3n) is 2.60. The molecule has 1 amide bonds. The van der Waals surface area contributed by atoms with Gasteiger partial charge in [0.05, 0.1) is 19.2 Å². The first-order valence-corrected chi connectivity index (χ1v) is 6.95. The number of methoxy groups -OCH3 is 1.